The molecule has 0 aromatic heterocycles. The van der Waals surface area contributed by atoms with Gasteiger partial charge in [0.1, 0.15) is 16.4 Å². The lowest BCUT2D eigenvalue weighted by Crippen LogP contribution is -2.58. The molecular weight excluding hydrogens is 260 g/mol. The Kier molecular flexibility index (Phi) is 2.00. The second kappa shape index (κ2) is 3.42. The third-order valence-corrected chi connectivity index (χ3v) is 4.87. The molecule has 1 saturated heterocycles. The minimum Gasteiger partial charge on any atom is -0.363 e. The summed E-state index contributed by atoms with van der Waals surface area (Å²) in [6, 6.07) is 5.41. The minimum absolute atomic E-state index is 0.175. The maximum absolute atomic E-state index is 12.4. The smallest absolute Gasteiger partial charge is 0.250 e. The van der Waals surface area contributed by atoms with Crippen LogP contribution in [0.15, 0.2) is 18.2 Å². The largest absolute Gasteiger partial charge is 0.363 e. The van der Waals surface area contributed by atoms with E-state index < -0.39 is 11.5 Å². The van der Waals surface area contributed by atoms with Crippen molar-refractivity contribution in [3.63, 3.8) is 0 Å². The summed E-state index contributed by atoms with van der Waals surface area (Å²) in [5, 5.41) is 5.54. The molecule has 1 aromatic rings. The summed E-state index contributed by atoms with van der Waals surface area (Å²) in [6.45, 7) is 0. The molecular formula is C14H12N2O2S. The van der Waals surface area contributed by atoms with Gasteiger partial charge in [-0.2, -0.15) is 0 Å². The topological polar surface area (TPSA) is 58.2 Å². The van der Waals surface area contributed by atoms with Crippen molar-refractivity contribution in [3.05, 3.63) is 34.9 Å². The lowest BCUT2D eigenvalue weighted by Gasteiger charge is -2.42. The van der Waals surface area contributed by atoms with Crippen LogP contribution in [0.25, 0.3) is 0 Å². The number of benzene rings is 1. The normalized spacial score (nSPS) is 31.4. The number of amides is 2. The maximum atomic E-state index is 12.4. The molecule has 0 radical (unpaired) electrons. The van der Waals surface area contributed by atoms with Gasteiger partial charge in [0.25, 0.3) is 5.91 Å². The van der Waals surface area contributed by atoms with Crippen LogP contribution in [-0.4, -0.2) is 22.8 Å². The maximum Gasteiger partial charge on any atom is 0.250 e. The number of hydrogen-bond acceptors (Lipinski definition) is 3. The molecule has 2 atom stereocenters. The quantitative estimate of drug-likeness (QED) is 0.535. The van der Waals surface area contributed by atoms with Gasteiger partial charge in [-0.05, 0) is 30.4 Å². The fourth-order valence-corrected chi connectivity index (χ4v) is 4.06. The van der Waals surface area contributed by atoms with E-state index in [2.05, 4.69) is 10.6 Å². The summed E-state index contributed by atoms with van der Waals surface area (Å²) < 4.78 is 0. The van der Waals surface area contributed by atoms with Crippen LogP contribution in [-0.2, 0) is 21.4 Å². The summed E-state index contributed by atoms with van der Waals surface area (Å²) in [4.78, 5) is 25.0. The van der Waals surface area contributed by atoms with Gasteiger partial charge in [0, 0.05) is 5.56 Å². The first-order chi connectivity index (χ1) is 9.14. The average molecular weight is 272 g/mol. The van der Waals surface area contributed by atoms with Gasteiger partial charge < -0.3 is 5.32 Å². The second-order valence-corrected chi connectivity index (χ2v) is 5.80. The molecule has 1 spiro atoms. The van der Waals surface area contributed by atoms with Gasteiger partial charge in [0.2, 0.25) is 5.91 Å². The van der Waals surface area contributed by atoms with Crippen LogP contribution >= 0.6 is 12.2 Å². The van der Waals surface area contributed by atoms with Crippen molar-refractivity contribution in [1.82, 2.24) is 10.6 Å². The van der Waals surface area contributed by atoms with Crippen LogP contribution in [0.3, 0.4) is 0 Å². The highest BCUT2D eigenvalue weighted by atomic mass is 32.1. The van der Waals surface area contributed by atoms with E-state index in [1.165, 1.54) is 0 Å². The van der Waals surface area contributed by atoms with Gasteiger partial charge in [-0.3, -0.25) is 14.9 Å². The van der Waals surface area contributed by atoms with E-state index >= 15 is 0 Å². The summed E-state index contributed by atoms with van der Waals surface area (Å²) in [6.07, 6.45) is 2.57. The molecule has 2 aliphatic heterocycles. The van der Waals surface area contributed by atoms with Gasteiger partial charge in [-0.1, -0.05) is 30.4 Å². The van der Waals surface area contributed by atoms with Gasteiger partial charge in [0.05, 0.1) is 0 Å². The highest BCUT2D eigenvalue weighted by Gasteiger charge is 2.60. The van der Waals surface area contributed by atoms with E-state index in [9.17, 15) is 9.59 Å². The zero-order chi connectivity index (χ0) is 13.2. The van der Waals surface area contributed by atoms with Crippen LogP contribution < -0.4 is 10.6 Å². The fourth-order valence-electron chi connectivity index (χ4n) is 3.77. The van der Waals surface area contributed by atoms with Crippen molar-refractivity contribution >= 4 is 29.0 Å². The fraction of sp³-hybridized carbons (Fsp3) is 0.357. The molecule has 1 aromatic carbocycles. The average Bonchev–Trinajstić information content (AvgIpc) is 2.64. The molecule has 4 nitrogen and oxygen atoms in total. The number of hydrogen-bond donors (Lipinski definition) is 2. The second-order valence-electron chi connectivity index (χ2n) is 5.39. The van der Waals surface area contributed by atoms with E-state index in [-0.39, 0.29) is 11.8 Å². The van der Waals surface area contributed by atoms with Gasteiger partial charge >= 0.3 is 0 Å². The van der Waals surface area contributed by atoms with E-state index in [0.717, 1.165) is 29.5 Å². The summed E-state index contributed by atoms with van der Waals surface area (Å²) >= 11 is 5.36. The third-order valence-electron chi connectivity index (χ3n) is 4.53. The first-order valence-corrected chi connectivity index (χ1v) is 6.84. The van der Waals surface area contributed by atoms with Crippen LogP contribution in [0, 0.1) is 0 Å². The Labute approximate surface area is 115 Å². The lowest BCUT2D eigenvalue weighted by molar-refractivity contribution is -0.126. The molecule has 2 amide bonds. The molecule has 2 heterocycles. The SMILES string of the molecule is O=C1NC(=O)C23CCCc4cccc(c42)C(=S)NC13. The summed E-state index contributed by atoms with van der Waals surface area (Å²) in [5.41, 5.74) is 2.30. The molecule has 19 heavy (non-hydrogen) atoms. The van der Waals surface area contributed by atoms with Gasteiger partial charge in [-0.15, -0.1) is 0 Å². The Morgan fingerprint density at radius 1 is 1.32 bits per heavy atom. The predicted molar refractivity (Wildman–Crippen MR) is 72.8 cm³/mol. The molecule has 1 aliphatic carbocycles. The number of nitrogens with one attached hydrogen (secondary N) is 2. The molecule has 0 saturated carbocycles. The first-order valence-electron chi connectivity index (χ1n) is 6.43. The van der Waals surface area contributed by atoms with Crippen molar-refractivity contribution in [2.24, 2.45) is 0 Å². The van der Waals surface area contributed by atoms with E-state index in [0.29, 0.717) is 11.4 Å². The molecule has 2 N–H and O–H groups in total. The number of carbonyl (C=O) groups is 2. The molecule has 5 heteroatoms. The molecule has 96 valence electrons. The van der Waals surface area contributed by atoms with Gasteiger partial charge in [-0.25, -0.2) is 0 Å². The number of aryl methyl sites for hydroxylation is 1. The van der Waals surface area contributed by atoms with Crippen LogP contribution in [0.1, 0.15) is 29.5 Å². The highest BCUT2D eigenvalue weighted by Crippen LogP contribution is 2.46. The minimum atomic E-state index is -0.746. The van der Waals surface area contributed by atoms with Crippen LogP contribution in [0.2, 0.25) is 0 Å². The summed E-state index contributed by atoms with van der Waals surface area (Å²) in [7, 11) is 0. The zero-order valence-corrected chi connectivity index (χ0v) is 11.0. The monoisotopic (exact) mass is 272 g/mol. The molecule has 3 aliphatic rings. The number of carbonyl (C=O) groups excluding carboxylic acids is 2. The van der Waals surface area contributed by atoms with Gasteiger partial charge in [0.15, 0.2) is 0 Å². The Bertz CT molecular complexity index is 655. The standard InChI is InChI=1S/C14H12N2O2S/c17-11-10-14(13(18)16-11)6-2-4-7-3-1-5-8(9(7)14)12(19)15-10/h1,3,5,10H,2,4,6H2,(H,15,19)(H,16,17,18). The van der Waals surface area contributed by atoms with Crippen LogP contribution in [0.4, 0.5) is 0 Å². The number of imide groups is 1. The van der Waals surface area contributed by atoms with E-state index in [4.69, 9.17) is 12.2 Å². The Morgan fingerprint density at radius 2 is 2.16 bits per heavy atom. The number of rotatable bonds is 0. The van der Waals surface area contributed by atoms with Crippen molar-refractivity contribution < 1.29 is 9.59 Å². The van der Waals surface area contributed by atoms with Crippen molar-refractivity contribution in [1.29, 1.82) is 0 Å². The highest BCUT2D eigenvalue weighted by molar-refractivity contribution is 7.80. The molecule has 2 unspecified atom stereocenters. The zero-order valence-electron chi connectivity index (χ0n) is 10.2. The number of thiocarbonyl (C=S) groups is 1. The molecule has 0 bridgehead atoms. The van der Waals surface area contributed by atoms with E-state index in [1.54, 1.807) is 0 Å². The Hall–Kier alpha value is -1.75. The lowest BCUT2D eigenvalue weighted by atomic mass is 9.63. The third kappa shape index (κ3) is 1.16. The summed E-state index contributed by atoms with van der Waals surface area (Å²) in [5.74, 6) is -0.430. The molecule has 1 fully saturated rings. The van der Waals surface area contributed by atoms with Crippen molar-refractivity contribution in [2.75, 3.05) is 0 Å². The van der Waals surface area contributed by atoms with E-state index in [1.807, 2.05) is 18.2 Å². The predicted octanol–water partition coefficient (Wildman–Crippen LogP) is 0.564. The van der Waals surface area contributed by atoms with Crippen molar-refractivity contribution in [2.45, 2.75) is 30.7 Å². The molecule has 4 rings (SSSR count). The van der Waals surface area contributed by atoms with Crippen LogP contribution in [0.5, 0.6) is 0 Å². The first kappa shape index (κ1) is 11.1. The Morgan fingerprint density at radius 3 is 3.00 bits per heavy atom. The Balaban J connectivity index is 2.09. The van der Waals surface area contributed by atoms with Crippen molar-refractivity contribution in [3.8, 4) is 0 Å².